The fraction of sp³-hybridized carbons (Fsp3) is 0.667. The number of aromatic nitrogens is 2. The average molecular weight is 218 g/mol. The van der Waals surface area contributed by atoms with Crippen LogP contribution in [-0.4, -0.2) is 36.6 Å². The van der Waals surface area contributed by atoms with E-state index in [-0.39, 0.29) is 6.54 Å². The molecule has 0 aromatic carbocycles. The van der Waals surface area contributed by atoms with Crippen LogP contribution < -0.4 is 10.2 Å². The van der Waals surface area contributed by atoms with Crippen LogP contribution in [0.2, 0.25) is 0 Å². The minimum absolute atomic E-state index is 0.289. The van der Waals surface area contributed by atoms with Crippen LogP contribution >= 0.6 is 0 Å². The largest absolute Gasteiger partial charge is 0.348 e. The van der Waals surface area contributed by atoms with Crippen LogP contribution in [0.25, 0.3) is 0 Å². The number of halogens is 2. The van der Waals surface area contributed by atoms with Gasteiger partial charge in [0.1, 0.15) is 0 Å². The van der Waals surface area contributed by atoms with E-state index in [1.54, 1.807) is 6.20 Å². The molecular formula is C9H16F2N4. The van der Waals surface area contributed by atoms with E-state index in [4.69, 9.17) is 0 Å². The lowest BCUT2D eigenvalue weighted by Gasteiger charge is -2.12. The average Bonchev–Trinajstić information content (AvgIpc) is 2.47. The zero-order valence-electron chi connectivity index (χ0n) is 9.17. The van der Waals surface area contributed by atoms with Gasteiger partial charge >= 0.3 is 0 Å². The van der Waals surface area contributed by atoms with Gasteiger partial charge < -0.3 is 14.8 Å². The van der Waals surface area contributed by atoms with Gasteiger partial charge in [-0.05, 0) is 0 Å². The SMILES string of the molecule is CN(C)c1ncc(CNCC(F)F)n1C. The summed E-state index contributed by atoms with van der Waals surface area (Å²) >= 11 is 0. The highest BCUT2D eigenvalue weighted by molar-refractivity contribution is 5.30. The quantitative estimate of drug-likeness (QED) is 0.795. The van der Waals surface area contributed by atoms with Crippen molar-refractivity contribution >= 4 is 5.95 Å². The van der Waals surface area contributed by atoms with Gasteiger partial charge in [-0.2, -0.15) is 0 Å². The summed E-state index contributed by atoms with van der Waals surface area (Å²) in [6.07, 6.45) is -0.625. The highest BCUT2D eigenvalue weighted by Gasteiger charge is 2.08. The first kappa shape index (κ1) is 11.9. The Hall–Kier alpha value is -1.17. The van der Waals surface area contributed by atoms with Gasteiger partial charge in [-0.3, -0.25) is 0 Å². The molecule has 4 nitrogen and oxygen atoms in total. The fourth-order valence-corrected chi connectivity index (χ4v) is 1.32. The highest BCUT2D eigenvalue weighted by Crippen LogP contribution is 2.10. The topological polar surface area (TPSA) is 33.1 Å². The summed E-state index contributed by atoms with van der Waals surface area (Å²) in [6, 6.07) is 0. The second-order valence-corrected chi connectivity index (χ2v) is 3.52. The van der Waals surface area contributed by atoms with E-state index in [2.05, 4.69) is 10.3 Å². The van der Waals surface area contributed by atoms with Crippen molar-refractivity contribution in [3.63, 3.8) is 0 Å². The summed E-state index contributed by atoms with van der Waals surface area (Å²) in [4.78, 5) is 6.05. The van der Waals surface area contributed by atoms with Crippen LogP contribution in [0.1, 0.15) is 5.69 Å². The molecule has 0 saturated heterocycles. The Morgan fingerprint density at radius 2 is 2.20 bits per heavy atom. The summed E-state index contributed by atoms with van der Waals surface area (Å²) in [5.41, 5.74) is 0.888. The van der Waals surface area contributed by atoms with Crippen molar-refractivity contribution in [1.82, 2.24) is 14.9 Å². The predicted molar refractivity (Wildman–Crippen MR) is 55.2 cm³/mol. The number of rotatable bonds is 5. The number of imidazole rings is 1. The molecule has 0 spiro atoms. The Balaban J connectivity index is 2.55. The lowest BCUT2D eigenvalue weighted by atomic mass is 10.4. The molecule has 86 valence electrons. The normalized spacial score (nSPS) is 11.1. The lowest BCUT2D eigenvalue weighted by molar-refractivity contribution is 0.145. The van der Waals surface area contributed by atoms with Gasteiger partial charge in [-0.1, -0.05) is 0 Å². The fourth-order valence-electron chi connectivity index (χ4n) is 1.32. The van der Waals surface area contributed by atoms with E-state index in [1.807, 2.05) is 30.6 Å². The maximum absolute atomic E-state index is 11.9. The molecule has 0 aliphatic rings. The van der Waals surface area contributed by atoms with Crippen molar-refractivity contribution in [1.29, 1.82) is 0 Å². The van der Waals surface area contributed by atoms with Crippen LogP contribution in [0.15, 0.2) is 6.20 Å². The van der Waals surface area contributed by atoms with Gasteiger partial charge in [0.15, 0.2) is 0 Å². The zero-order valence-corrected chi connectivity index (χ0v) is 9.17. The Morgan fingerprint density at radius 3 is 2.67 bits per heavy atom. The number of anilines is 1. The minimum atomic E-state index is -2.31. The molecule has 1 aromatic heterocycles. The molecule has 0 aliphatic heterocycles. The summed E-state index contributed by atoms with van der Waals surface area (Å²) in [5.74, 6) is 0.809. The van der Waals surface area contributed by atoms with Gasteiger partial charge in [0.25, 0.3) is 6.43 Å². The van der Waals surface area contributed by atoms with Gasteiger partial charge in [0.05, 0.1) is 18.4 Å². The molecule has 0 fully saturated rings. The Bertz CT molecular complexity index is 309. The lowest BCUT2D eigenvalue weighted by Crippen LogP contribution is -2.22. The molecule has 0 aliphatic carbocycles. The number of nitrogens with one attached hydrogen (secondary N) is 1. The maximum atomic E-state index is 11.9. The van der Waals surface area contributed by atoms with E-state index in [0.29, 0.717) is 6.54 Å². The number of nitrogens with zero attached hydrogens (tertiary/aromatic N) is 3. The van der Waals surface area contributed by atoms with Crippen molar-refractivity contribution in [3.05, 3.63) is 11.9 Å². The Kier molecular flexibility index (Phi) is 4.02. The van der Waals surface area contributed by atoms with Crippen molar-refractivity contribution in [2.75, 3.05) is 25.5 Å². The first-order valence-electron chi connectivity index (χ1n) is 4.69. The van der Waals surface area contributed by atoms with Crippen LogP contribution in [-0.2, 0) is 13.6 Å². The third-order valence-electron chi connectivity index (χ3n) is 2.06. The van der Waals surface area contributed by atoms with Crippen LogP contribution in [0.3, 0.4) is 0 Å². The van der Waals surface area contributed by atoms with E-state index in [9.17, 15) is 8.78 Å². The van der Waals surface area contributed by atoms with E-state index in [0.717, 1.165) is 11.6 Å². The summed E-state index contributed by atoms with van der Waals surface area (Å²) in [7, 11) is 5.64. The second kappa shape index (κ2) is 5.06. The van der Waals surface area contributed by atoms with Gasteiger partial charge in [0, 0.05) is 27.7 Å². The van der Waals surface area contributed by atoms with Gasteiger partial charge in [-0.15, -0.1) is 0 Å². The predicted octanol–water partition coefficient (Wildman–Crippen LogP) is 0.841. The Morgan fingerprint density at radius 1 is 1.53 bits per heavy atom. The molecule has 0 radical (unpaired) electrons. The molecule has 0 amide bonds. The first-order chi connectivity index (χ1) is 7.02. The molecule has 0 bridgehead atoms. The number of alkyl halides is 2. The first-order valence-corrected chi connectivity index (χ1v) is 4.69. The van der Waals surface area contributed by atoms with E-state index >= 15 is 0 Å². The zero-order chi connectivity index (χ0) is 11.4. The second-order valence-electron chi connectivity index (χ2n) is 3.52. The molecule has 6 heteroatoms. The van der Waals surface area contributed by atoms with Gasteiger partial charge in [0.2, 0.25) is 5.95 Å². The molecule has 0 atom stereocenters. The minimum Gasteiger partial charge on any atom is -0.348 e. The summed E-state index contributed by atoms with van der Waals surface area (Å²) in [6.45, 7) is 0.115. The summed E-state index contributed by atoms with van der Waals surface area (Å²) < 4.78 is 25.6. The van der Waals surface area contributed by atoms with E-state index in [1.165, 1.54) is 0 Å². The standard InChI is InChI=1S/C9H16F2N4/c1-14(2)9-13-5-7(15(9)3)4-12-6-8(10)11/h5,8,12H,4,6H2,1-3H3. The van der Waals surface area contributed by atoms with Gasteiger partial charge in [-0.25, -0.2) is 13.8 Å². The van der Waals surface area contributed by atoms with Crippen LogP contribution in [0, 0.1) is 0 Å². The molecule has 15 heavy (non-hydrogen) atoms. The smallest absolute Gasteiger partial charge is 0.250 e. The molecule has 1 N–H and O–H groups in total. The van der Waals surface area contributed by atoms with Crippen molar-refractivity contribution < 1.29 is 8.78 Å². The van der Waals surface area contributed by atoms with Crippen molar-refractivity contribution in [3.8, 4) is 0 Å². The molecule has 1 heterocycles. The third-order valence-corrected chi connectivity index (χ3v) is 2.06. The molecular weight excluding hydrogens is 202 g/mol. The van der Waals surface area contributed by atoms with Crippen molar-refractivity contribution in [2.24, 2.45) is 7.05 Å². The van der Waals surface area contributed by atoms with Crippen LogP contribution in [0.5, 0.6) is 0 Å². The number of hydrogen-bond donors (Lipinski definition) is 1. The highest BCUT2D eigenvalue weighted by atomic mass is 19.3. The maximum Gasteiger partial charge on any atom is 0.250 e. The van der Waals surface area contributed by atoms with Crippen LogP contribution in [0.4, 0.5) is 14.7 Å². The summed E-state index contributed by atoms with van der Waals surface area (Å²) in [5, 5.41) is 2.66. The van der Waals surface area contributed by atoms with E-state index < -0.39 is 6.43 Å². The monoisotopic (exact) mass is 218 g/mol. The molecule has 0 unspecified atom stereocenters. The molecule has 0 saturated carbocycles. The molecule has 1 aromatic rings. The Labute approximate surface area is 87.9 Å². The number of hydrogen-bond acceptors (Lipinski definition) is 3. The van der Waals surface area contributed by atoms with Crippen molar-refractivity contribution in [2.45, 2.75) is 13.0 Å². The molecule has 1 rings (SSSR count). The third kappa shape index (κ3) is 3.16.